The number of hydrogen-bond donors (Lipinski definition) is 4. The minimum absolute atomic E-state index is 0.0466. The summed E-state index contributed by atoms with van der Waals surface area (Å²) in [6.45, 7) is 0. The number of hydrogen-bond acceptors (Lipinski definition) is 10. The Balaban J connectivity index is 0.877. The highest BCUT2D eigenvalue weighted by Gasteiger charge is 2.32. The monoisotopic (exact) mass is 892 g/mol. The van der Waals surface area contributed by atoms with Crippen molar-refractivity contribution in [1.29, 1.82) is 0 Å². The van der Waals surface area contributed by atoms with Crippen LogP contribution in [0.3, 0.4) is 0 Å². The first-order valence-electron chi connectivity index (χ1n) is 21.6. The maximum absolute atomic E-state index is 14.0. The van der Waals surface area contributed by atoms with E-state index in [-0.39, 0.29) is 22.6 Å². The molecule has 8 aromatic rings. The molecular weight excluding hydrogens is 853 g/mol. The van der Waals surface area contributed by atoms with Crippen molar-refractivity contribution in [2.24, 2.45) is 10.2 Å². The average Bonchev–Trinajstić information content (AvgIpc) is 3.38. The third kappa shape index (κ3) is 8.13. The molecule has 8 aromatic carbocycles. The predicted octanol–water partition coefficient (Wildman–Crippen LogP) is 10.5. The van der Waals surface area contributed by atoms with E-state index in [1.54, 1.807) is 48.6 Å². The Hall–Kier alpha value is -9.42. The summed E-state index contributed by atoms with van der Waals surface area (Å²) in [5.74, 6) is -1.29. The lowest BCUT2D eigenvalue weighted by Crippen LogP contribution is -2.30. The molecular formula is C56H40N6O6. The van der Waals surface area contributed by atoms with Gasteiger partial charge in [0, 0.05) is 33.3 Å². The summed E-state index contributed by atoms with van der Waals surface area (Å²) in [7, 11) is 3.06. The van der Waals surface area contributed by atoms with E-state index < -0.39 is 23.4 Å². The first-order chi connectivity index (χ1) is 33.3. The number of rotatable bonds is 11. The van der Waals surface area contributed by atoms with Gasteiger partial charge in [0.1, 0.15) is 22.9 Å². The summed E-state index contributed by atoms with van der Waals surface area (Å²) in [6, 6.07) is 52.1. The summed E-state index contributed by atoms with van der Waals surface area (Å²) < 4.78 is 11.6. The van der Waals surface area contributed by atoms with Crippen LogP contribution in [0.2, 0.25) is 0 Å². The molecule has 12 heteroatoms. The van der Waals surface area contributed by atoms with Gasteiger partial charge >= 0.3 is 0 Å². The predicted molar refractivity (Wildman–Crippen MR) is 269 cm³/mol. The van der Waals surface area contributed by atoms with Crippen LogP contribution in [-0.4, -0.2) is 49.0 Å². The molecule has 330 valence electrons. The van der Waals surface area contributed by atoms with Gasteiger partial charge in [0.05, 0.1) is 36.7 Å². The Morgan fingerprint density at radius 2 is 0.838 bits per heavy atom. The van der Waals surface area contributed by atoms with Crippen molar-refractivity contribution >= 4 is 91.3 Å². The number of amides is 2. The van der Waals surface area contributed by atoms with Gasteiger partial charge in [-0.15, -0.1) is 0 Å². The molecule has 0 heterocycles. The topological polar surface area (TPSA) is 160 Å². The Morgan fingerprint density at radius 3 is 1.28 bits per heavy atom. The molecule has 68 heavy (non-hydrogen) atoms. The quantitative estimate of drug-likeness (QED) is 0.0738. The molecule has 12 nitrogen and oxygen atoms in total. The van der Waals surface area contributed by atoms with Crippen LogP contribution in [0, 0.1) is 0 Å². The largest absolute Gasteiger partial charge is 0.494 e. The lowest BCUT2D eigenvalue weighted by molar-refractivity contribution is -0.118. The van der Waals surface area contributed by atoms with Gasteiger partial charge < -0.3 is 20.1 Å². The van der Waals surface area contributed by atoms with Crippen LogP contribution in [0.15, 0.2) is 191 Å². The zero-order valence-corrected chi connectivity index (χ0v) is 36.7. The third-order valence-corrected chi connectivity index (χ3v) is 11.8. The SMILES string of the molecule is COc1cc(-c2ccc(NN=C3C(=O)C(C(=O)Nc4cccc5ccccc45)=Cc4ccccc43)c(OC)c2)ccc1NN=C1C(=O)C(C(=O)Nc2cccc3ccccc23)=Cc2ccccc21. The van der Waals surface area contributed by atoms with Crippen LogP contribution in [0.1, 0.15) is 22.3 Å². The van der Waals surface area contributed by atoms with Crippen LogP contribution in [0.25, 0.3) is 44.8 Å². The van der Waals surface area contributed by atoms with Gasteiger partial charge in [-0.2, -0.15) is 10.2 Å². The number of carbonyl (C=O) groups excluding carboxylic acids is 4. The van der Waals surface area contributed by atoms with E-state index in [1.807, 2.05) is 133 Å². The number of methoxy groups -OCH3 is 2. The molecule has 2 aliphatic carbocycles. The van der Waals surface area contributed by atoms with E-state index in [4.69, 9.17) is 9.47 Å². The van der Waals surface area contributed by atoms with Gasteiger partial charge in [0.25, 0.3) is 11.8 Å². The summed E-state index contributed by atoms with van der Waals surface area (Å²) in [4.78, 5) is 55.5. The fourth-order valence-corrected chi connectivity index (χ4v) is 8.38. The number of nitrogens with zero attached hydrogens (tertiary/aromatic N) is 2. The molecule has 4 N–H and O–H groups in total. The maximum Gasteiger partial charge on any atom is 0.259 e. The minimum atomic E-state index is -0.545. The van der Waals surface area contributed by atoms with Gasteiger partial charge in [-0.05, 0) is 81.6 Å². The van der Waals surface area contributed by atoms with E-state index in [0.717, 1.165) is 32.7 Å². The highest BCUT2D eigenvalue weighted by Crippen LogP contribution is 2.36. The van der Waals surface area contributed by atoms with Crippen LogP contribution >= 0.6 is 0 Å². The average molecular weight is 893 g/mol. The normalized spacial score (nSPS) is 14.1. The standard InChI is InChI=1S/C56H40N6O6/c1-67-49-31-35(25-27-47(49)59-61-51-41-21-9-5-15-37(41)29-43(53(51)63)55(65)57-45-23-11-17-33-13-3-7-19-39(33)45)36-26-28-48(50(32-36)68-2)60-62-52-42-22-10-6-16-38(42)30-44(54(52)64)56(66)58-46-24-12-18-34-14-4-8-20-40(34)46/h3-32,59-60H,1-2H3,(H,57,65)(H,58,66). The second-order valence-electron chi connectivity index (χ2n) is 15.9. The Morgan fingerprint density at radius 1 is 0.441 bits per heavy atom. The minimum Gasteiger partial charge on any atom is -0.494 e. The van der Waals surface area contributed by atoms with E-state index in [2.05, 4.69) is 31.7 Å². The molecule has 0 aromatic heterocycles. The van der Waals surface area contributed by atoms with Crippen LogP contribution in [0.4, 0.5) is 22.7 Å². The molecule has 0 unspecified atom stereocenters. The van der Waals surface area contributed by atoms with Gasteiger partial charge in [0.2, 0.25) is 11.6 Å². The first kappa shape index (κ1) is 42.5. The first-order valence-corrected chi connectivity index (χ1v) is 21.6. The number of benzene rings is 8. The number of anilines is 4. The Kier molecular flexibility index (Phi) is 11.4. The number of Topliss-reactive ketones (excluding diaryl/α,β-unsaturated/α-hetero) is 2. The molecule has 0 spiro atoms. The molecule has 2 amide bonds. The van der Waals surface area contributed by atoms with E-state index in [1.165, 1.54) is 14.2 Å². The summed E-state index contributed by atoms with van der Waals surface area (Å²) in [5.41, 5.74) is 12.3. The summed E-state index contributed by atoms with van der Waals surface area (Å²) in [6.07, 6.45) is 3.18. The second-order valence-corrected chi connectivity index (χ2v) is 15.9. The van der Waals surface area contributed by atoms with Crippen molar-refractivity contribution in [1.82, 2.24) is 0 Å². The van der Waals surface area contributed by atoms with Crippen LogP contribution in [-0.2, 0) is 19.2 Å². The van der Waals surface area contributed by atoms with Gasteiger partial charge in [-0.25, -0.2) is 0 Å². The summed E-state index contributed by atoms with van der Waals surface area (Å²) in [5, 5.41) is 18.6. The number of ether oxygens (including phenoxy) is 2. The number of fused-ring (bicyclic) bond motifs is 4. The highest BCUT2D eigenvalue weighted by atomic mass is 16.5. The Bertz CT molecular complexity index is 3290. The number of nitrogens with one attached hydrogen (secondary N) is 4. The van der Waals surface area contributed by atoms with Crippen molar-refractivity contribution in [3.63, 3.8) is 0 Å². The van der Waals surface area contributed by atoms with Gasteiger partial charge in [-0.1, -0.05) is 133 Å². The lowest BCUT2D eigenvalue weighted by atomic mass is 9.89. The van der Waals surface area contributed by atoms with Crippen molar-refractivity contribution in [2.75, 3.05) is 35.7 Å². The zero-order chi connectivity index (χ0) is 46.7. The molecule has 0 saturated carbocycles. The van der Waals surface area contributed by atoms with Gasteiger partial charge in [-0.3, -0.25) is 30.0 Å². The van der Waals surface area contributed by atoms with Crippen molar-refractivity contribution in [3.05, 3.63) is 203 Å². The zero-order valence-electron chi connectivity index (χ0n) is 36.7. The smallest absolute Gasteiger partial charge is 0.259 e. The summed E-state index contributed by atoms with van der Waals surface area (Å²) >= 11 is 0. The van der Waals surface area contributed by atoms with Crippen LogP contribution < -0.4 is 31.0 Å². The van der Waals surface area contributed by atoms with E-state index in [9.17, 15) is 19.2 Å². The number of hydrazone groups is 2. The molecule has 0 fully saturated rings. The molecule has 0 bridgehead atoms. The highest BCUT2D eigenvalue weighted by molar-refractivity contribution is 6.60. The number of ketones is 2. The molecule has 0 radical (unpaired) electrons. The van der Waals surface area contributed by atoms with Gasteiger partial charge in [0.15, 0.2) is 0 Å². The van der Waals surface area contributed by atoms with Crippen molar-refractivity contribution in [3.8, 4) is 22.6 Å². The fourth-order valence-electron chi connectivity index (χ4n) is 8.38. The van der Waals surface area contributed by atoms with Crippen molar-refractivity contribution in [2.45, 2.75) is 0 Å². The maximum atomic E-state index is 14.0. The third-order valence-electron chi connectivity index (χ3n) is 11.8. The molecule has 0 saturated heterocycles. The van der Waals surface area contributed by atoms with Crippen LogP contribution in [0.5, 0.6) is 11.5 Å². The Labute approximate surface area is 390 Å². The molecule has 0 atom stereocenters. The molecule has 0 aliphatic heterocycles. The van der Waals surface area contributed by atoms with Crippen molar-refractivity contribution < 1.29 is 28.7 Å². The number of carbonyl (C=O) groups is 4. The molecule has 2 aliphatic rings. The van der Waals surface area contributed by atoms with E-state index >= 15 is 0 Å². The second kappa shape index (κ2) is 18.2. The lowest BCUT2D eigenvalue weighted by Gasteiger charge is -2.19. The fraction of sp³-hybridized carbons (Fsp3) is 0.0357. The van der Waals surface area contributed by atoms with E-state index in [0.29, 0.717) is 56.5 Å². The molecule has 10 rings (SSSR count).